The lowest BCUT2D eigenvalue weighted by molar-refractivity contribution is -0.126. The average molecular weight is 405 g/mol. The second kappa shape index (κ2) is 9.75. The van der Waals surface area contributed by atoms with Crippen molar-refractivity contribution in [1.29, 1.82) is 0 Å². The molecule has 0 radical (unpaired) electrons. The maximum atomic E-state index is 13.3. The molecule has 1 N–H and O–H groups in total. The lowest BCUT2D eigenvalue weighted by atomic mass is 10.0. The first-order chi connectivity index (χ1) is 13.6. The van der Waals surface area contributed by atoms with Crippen LogP contribution in [0.1, 0.15) is 47.8 Å². The van der Waals surface area contributed by atoms with E-state index in [0.29, 0.717) is 17.2 Å². The number of ether oxygens (including phenoxy) is 1. The van der Waals surface area contributed by atoms with Gasteiger partial charge >= 0.3 is 0 Å². The number of halogens is 1. The average Bonchev–Trinajstić information content (AvgIpc) is 3.39. The number of hydrogen-bond acceptors (Lipinski definition) is 4. The highest BCUT2D eigenvalue weighted by atomic mass is 35.5. The number of nitrogens with zero attached hydrogens (tertiary/aromatic N) is 1. The Morgan fingerprint density at radius 1 is 1.25 bits per heavy atom. The van der Waals surface area contributed by atoms with E-state index >= 15 is 0 Å². The lowest BCUT2D eigenvalue weighted by Crippen LogP contribution is -2.47. The molecule has 1 aromatic heterocycles. The zero-order valence-corrected chi connectivity index (χ0v) is 16.7. The molecule has 3 rings (SSSR count). The number of methoxy groups -OCH3 is 1. The second-order valence-corrected chi connectivity index (χ2v) is 7.35. The number of carbonyl (C=O) groups excluding carboxylic acids is 2. The van der Waals surface area contributed by atoms with Crippen LogP contribution in [0, 0.1) is 0 Å². The van der Waals surface area contributed by atoms with Gasteiger partial charge in [0.2, 0.25) is 5.91 Å². The van der Waals surface area contributed by atoms with Crippen molar-refractivity contribution in [2.75, 3.05) is 20.3 Å². The second-order valence-electron chi connectivity index (χ2n) is 6.91. The Morgan fingerprint density at radius 2 is 1.96 bits per heavy atom. The lowest BCUT2D eigenvalue weighted by Gasteiger charge is -2.31. The highest BCUT2D eigenvalue weighted by Gasteiger charge is 2.34. The number of benzene rings is 1. The Labute approximate surface area is 169 Å². The van der Waals surface area contributed by atoms with Gasteiger partial charge in [0.25, 0.3) is 5.91 Å². The summed E-state index contributed by atoms with van der Waals surface area (Å²) in [5, 5.41) is 3.68. The van der Waals surface area contributed by atoms with Gasteiger partial charge in [0.15, 0.2) is 5.76 Å². The molecule has 0 saturated heterocycles. The van der Waals surface area contributed by atoms with Crippen LogP contribution in [0.4, 0.5) is 0 Å². The highest BCUT2D eigenvalue weighted by molar-refractivity contribution is 6.30. The molecule has 1 fully saturated rings. The van der Waals surface area contributed by atoms with Crippen LogP contribution in [0.15, 0.2) is 47.1 Å². The zero-order valence-electron chi connectivity index (χ0n) is 15.9. The van der Waals surface area contributed by atoms with Crippen LogP contribution >= 0.6 is 11.6 Å². The van der Waals surface area contributed by atoms with Crippen LogP contribution < -0.4 is 5.32 Å². The summed E-state index contributed by atoms with van der Waals surface area (Å²) in [7, 11) is 1.56. The Bertz CT molecular complexity index is 770. The van der Waals surface area contributed by atoms with Crippen molar-refractivity contribution in [3.63, 3.8) is 0 Å². The molecule has 0 spiro atoms. The van der Waals surface area contributed by atoms with Crippen LogP contribution in [0.5, 0.6) is 0 Å². The van der Waals surface area contributed by atoms with Crippen molar-refractivity contribution in [1.82, 2.24) is 10.2 Å². The molecule has 1 aliphatic carbocycles. The number of hydrogen-bond donors (Lipinski definition) is 1. The van der Waals surface area contributed by atoms with Gasteiger partial charge in [-0.05, 0) is 42.7 Å². The Morgan fingerprint density at radius 3 is 2.57 bits per heavy atom. The quantitative estimate of drug-likeness (QED) is 0.725. The van der Waals surface area contributed by atoms with Gasteiger partial charge in [0.1, 0.15) is 6.04 Å². The maximum absolute atomic E-state index is 13.3. The molecule has 0 bridgehead atoms. The van der Waals surface area contributed by atoms with Crippen LogP contribution in [-0.2, 0) is 9.53 Å². The van der Waals surface area contributed by atoms with E-state index in [9.17, 15) is 9.59 Å². The summed E-state index contributed by atoms with van der Waals surface area (Å²) < 4.78 is 10.5. The summed E-state index contributed by atoms with van der Waals surface area (Å²) in [4.78, 5) is 27.9. The minimum absolute atomic E-state index is 0.144. The summed E-state index contributed by atoms with van der Waals surface area (Å²) in [5.74, 6) is -0.377. The molecular weight excluding hydrogens is 380 g/mol. The van der Waals surface area contributed by atoms with Crippen molar-refractivity contribution in [2.45, 2.75) is 37.8 Å². The Kier molecular flexibility index (Phi) is 7.12. The topological polar surface area (TPSA) is 71.8 Å². The predicted molar refractivity (Wildman–Crippen MR) is 106 cm³/mol. The summed E-state index contributed by atoms with van der Waals surface area (Å²) >= 11 is 6.02. The third kappa shape index (κ3) is 4.94. The molecule has 1 saturated carbocycles. The van der Waals surface area contributed by atoms with E-state index < -0.39 is 6.04 Å². The summed E-state index contributed by atoms with van der Waals surface area (Å²) in [6.07, 6.45) is 5.58. The van der Waals surface area contributed by atoms with Gasteiger partial charge in [-0.1, -0.05) is 36.6 Å². The van der Waals surface area contributed by atoms with Crippen molar-refractivity contribution in [2.24, 2.45) is 0 Å². The molecule has 0 aliphatic heterocycles. The molecule has 1 atom stereocenters. The number of nitrogens with one attached hydrogen (secondary N) is 1. The van der Waals surface area contributed by atoms with Gasteiger partial charge in [-0.25, -0.2) is 0 Å². The molecule has 1 unspecified atom stereocenters. The molecule has 28 heavy (non-hydrogen) atoms. The molecule has 6 nitrogen and oxygen atoms in total. The van der Waals surface area contributed by atoms with Gasteiger partial charge in [0, 0.05) is 24.7 Å². The van der Waals surface area contributed by atoms with Crippen molar-refractivity contribution >= 4 is 23.4 Å². The first kappa shape index (κ1) is 20.4. The van der Waals surface area contributed by atoms with Gasteiger partial charge in [-0.15, -0.1) is 0 Å². The van der Waals surface area contributed by atoms with E-state index in [-0.39, 0.29) is 30.2 Å². The van der Waals surface area contributed by atoms with E-state index in [4.69, 9.17) is 20.8 Å². The summed E-state index contributed by atoms with van der Waals surface area (Å²) in [6, 6.07) is 9.58. The van der Waals surface area contributed by atoms with Crippen LogP contribution in [0.2, 0.25) is 5.02 Å². The van der Waals surface area contributed by atoms with Crippen molar-refractivity contribution in [3.05, 3.63) is 59.0 Å². The molecular formula is C21H25ClN2O4. The largest absolute Gasteiger partial charge is 0.459 e. The molecule has 150 valence electrons. The SMILES string of the molecule is COCCN(C(=O)c1ccco1)C(C(=O)NC1CCCC1)c1ccc(Cl)cc1. The Hall–Kier alpha value is -2.31. The zero-order chi connectivity index (χ0) is 19.9. The van der Waals surface area contributed by atoms with Crippen molar-refractivity contribution in [3.8, 4) is 0 Å². The van der Waals surface area contributed by atoms with Gasteiger partial charge < -0.3 is 19.4 Å². The predicted octanol–water partition coefficient (Wildman–Crippen LogP) is 3.82. The standard InChI is InChI=1S/C21H25ClN2O4/c1-27-14-12-24(21(26)18-7-4-13-28-18)19(15-8-10-16(22)11-9-15)20(25)23-17-5-2-3-6-17/h4,7-11,13,17,19H,2-3,5-6,12,14H2,1H3,(H,23,25). The fraction of sp³-hybridized carbons (Fsp3) is 0.429. The van der Waals surface area contributed by atoms with E-state index in [2.05, 4.69) is 5.32 Å². The van der Waals surface area contributed by atoms with Crippen LogP contribution in [-0.4, -0.2) is 43.0 Å². The first-order valence-corrected chi connectivity index (χ1v) is 9.87. The summed E-state index contributed by atoms with van der Waals surface area (Å²) in [5.41, 5.74) is 0.691. The third-order valence-corrected chi connectivity index (χ3v) is 5.23. The van der Waals surface area contributed by atoms with Crippen LogP contribution in [0.3, 0.4) is 0 Å². The molecule has 2 amide bonds. The number of furan rings is 1. The summed E-state index contributed by atoms with van der Waals surface area (Å²) in [6.45, 7) is 0.550. The van der Waals surface area contributed by atoms with Crippen molar-refractivity contribution < 1.29 is 18.7 Å². The molecule has 1 aliphatic rings. The number of rotatable bonds is 8. The number of amides is 2. The minimum Gasteiger partial charge on any atom is -0.459 e. The monoisotopic (exact) mass is 404 g/mol. The minimum atomic E-state index is -0.800. The molecule has 2 aromatic rings. The van der Waals surface area contributed by atoms with Gasteiger partial charge in [-0.2, -0.15) is 0 Å². The smallest absolute Gasteiger partial charge is 0.290 e. The maximum Gasteiger partial charge on any atom is 0.290 e. The first-order valence-electron chi connectivity index (χ1n) is 9.49. The fourth-order valence-electron chi connectivity index (χ4n) is 3.55. The molecule has 7 heteroatoms. The van der Waals surface area contributed by atoms with Gasteiger partial charge in [-0.3, -0.25) is 9.59 Å². The van der Waals surface area contributed by atoms with E-state index in [1.807, 2.05) is 0 Å². The van der Waals surface area contributed by atoms with E-state index in [0.717, 1.165) is 25.7 Å². The van der Waals surface area contributed by atoms with E-state index in [1.54, 1.807) is 43.5 Å². The van der Waals surface area contributed by atoms with E-state index in [1.165, 1.54) is 11.2 Å². The Balaban J connectivity index is 1.93. The molecule has 1 heterocycles. The third-order valence-electron chi connectivity index (χ3n) is 4.98. The van der Waals surface area contributed by atoms with Crippen LogP contribution in [0.25, 0.3) is 0 Å². The fourth-order valence-corrected chi connectivity index (χ4v) is 3.67. The number of carbonyl (C=O) groups is 2. The highest BCUT2D eigenvalue weighted by Crippen LogP contribution is 2.26. The normalized spacial score (nSPS) is 15.4. The van der Waals surface area contributed by atoms with Gasteiger partial charge in [0.05, 0.1) is 12.9 Å². The molecule has 1 aromatic carbocycles.